The maximum Gasteiger partial charge on any atom is 0.253 e. The molecule has 21 heavy (non-hydrogen) atoms. The third kappa shape index (κ3) is 2.85. The summed E-state index contributed by atoms with van der Waals surface area (Å²) in [5, 5.41) is 6.91. The zero-order valence-electron chi connectivity index (χ0n) is 11.9. The molecule has 6 heteroatoms. The summed E-state index contributed by atoms with van der Waals surface area (Å²) in [6.45, 7) is 2.23. The number of fused-ring (bicyclic) bond motifs is 1. The lowest BCUT2D eigenvalue weighted by Gasteiger charge is -2.23. The van der Waals surface area contributed by atoms with Gasteiger partial charge in [-0.1, -0.05) is 6.92 Å². The minimum absolute atomic E-state index is 0.198. The van der Waals surface area contributed by atoms with Crippen LogP contribution >= 0.6 is 11.3 Å². The Morgan fingerprint density at radius 1 is 1.33 bits per heavy atom. The molecule has 0 radical (unpaired) electrons. The Hall–Kier alpha value is -1.69. The molecule has 2 heterocycles. The van der Waals surface area contributed by atoms with Gasteiger partial charge in [0.2, 0.25) is 11.8 Å². The second kappa shape index (κ2) is 5.60. The highest BCUT2D eigenvalue weighted by atomic mass is 32.1. The van der Waals surface area contributed by atoms with Crippen molar-refractivity contribution in [2.24, 2.45) is 5.92 Å². The normalized spacial score (nSPS) is 25.2. The van der Waals surface area contributed by atoms with Crippen molar-refractivity contribution in [2.45, 2.75) is 45.1 Å². The highest BCUT2D eigenvalue weighted by Gasteiger charge is 2.30. The molecule has 1 saturated heterocycles. The zero-order chi connectivity index (χ0) is 15.0. The maximum absolute atomic E-state index is 12.4. The molecule has 3 rings (SSSR count). The molecule has 0 bridgehead atoms. The summed E-state index contributed by atoms with van der Waals surface area (Å²) in [6, 6.07) is -0.603. The van der Waals surface area contributed by atoms with Gasteiger partial charge in [-0.15, -0.1) is 11.3 Å². The topological polar surface area (TPSA) is 75.3 Å². The first-order chi connectivity index (χ1) is 10.0. The number of hydrogen-bond acceptors (Lipinski definition) is 4. The Morgan fingerprint density at radius 2 is 2.14 bits per heavy atom. The van der Waals surface area contributed by atoms with Crippen molar-refractivity contribution in [3.05, 3.63) is 21.4 Å². The minimum atomic E-state index is -0.603. The standard InChI is InChI=1S/C15H18N2O3S/c1-8-2-3-9-10(7-21-12(9)6-8)14(19)16-11-4-5-13(18)17-15(11)20/h7-8,11H,2-6H2,1H3,(H,16,19)(H,17,18,20). The van der Waals surface area contributed by atoms with Gasteiger partial charge in [0.15, 0.2) is 0 Å². The largest absolute Gasteiger partial charge is 0.340 e. The molecule has 2 aliphatic rings. The highest BCUT2D eigenvalue weighted by molar-refractivity contribution is 7.10. The third-order valence-electron chi connectivity index (χ3n) is 4.19. The number of imide groups is 1. The van der Waals surface area contributed by atoms with Crippen LogP contribution in [0.2, 0.25) is 0 Å². The first-order valence-electron chi connectivity index (χ1n) is 7.28. The monoisotopic (exact) mass is 306 g/mol. The van der Waals surface area contributed by atoms with Crippen LogP contribution in [0.4, 0.5) is 0 Å². The van der Waals surface area contributed by atoms with Gasteiger partial charge in [-0.2, -0.15) is 0 Å². The van der Waals surface area contributed by atoms with Crippen molar-refractivity contribution < 1.29 is 14.4 Å². The molecule has 2 N–H and O–H groups in total. The summed E-state index contributed by atoms with van der Waals surface area (Å²) in [5.74, 6) is -0.205. The van der Waals surface area contributed by atoms with E-state index in [1.165, 1.54) is 4.88 Å². The number of carbonyl (C=O) groups is 3. The molecule has 1 aliphatic heterocycles. The molecule has 0 saturated carbocycles. The third-order valence-corrected chi connectivity index (χ3v) is 5.24. The summed E-state index contributed by atoms with van der Waals surface area (Å²) in [5.41, 5.74) is 1.84. The first kappa shape index (κ1) is 14.3. The molecular formula is C15H18N2O3S. The smallest absolute Gasteiger partial charge is 0.253 e. The summed E-state index contributed by atoms with van der Waals surface area (Å²) in [7, 11) is 0. The predicted octanol–water partition coefficient (Wildman–Crippen LogP) is 1.41. The van der Waals surface area contributed by atoms with E-state index in [9.17, 15) is 14.4 Å². The molecule has 0 spiro atoms. The van der Waals surface area contributed by atoms with Gasteiger partial charge < -0.3 is 5.32 Å². The van der Waals surface area contributed by atoms with Gasteiger partial charge in [-0.3, -0.25) is 19.7 Å². The van der Waals surface area contributed by atoms with Crippen LogP contribution in [-0.4, -0.2) is 23.8 Å². The van der Waals surface area contributed by atoms with Crippen LogP contribution in [0.15, 0.2) is 5.38 Å². The molecule has 2 atom stereocenters. The van der Waals surface area contributed by atoms with Gasteiger partial charge in [0.25, 0.3) is 5.91 Å². The summed E-state index contributed by atoms with van der Waals surface area (Å²) in [4.78, 5) is 36.5. The van der Waals surface area contributed by atoms with Gasteiger partial charge in [0.1, 0.15) is 6.04 Å². The van der Waals surface area contributed by atoms with E-state index >= 15 is 0 Å². The Labute approximate surface area is 127 Å². The van der Waals surface area contributed by atoms with Gasteiger partial charge in [-0.05, 0) is 37.2 Å². The molecule has 1 aromatic rings. The molecular weight excluding hydrogens is 288 g/mol. The van der Waals surface area contributed by atoms with Gasteiger partial charge >= 0.3 is 0 Å². The van der Waals surface area contributed by atoms with Crippen molar-refractivity contribution in [1.29, 1.82) is 0 Å². The minimum Gasteiger partial charge on any atom is -0.340 e. The molecule has 112 valence electrons. The number of amides is 3. The van der Waals surface area contributed by atoms with E-state index in [0.29, 0.717) is 17.9 Å². The Kier molecular flexibility index (Phi) is 3.80. The van der Waals surface area contributed by atoms with E-state index in [1.807, 2.05) is 5.38 Å². The fraction of sp³-hybridized carbons (Fsp3) is 0.533. The van der Waals surface area contributed by atoms with E-state index in [4.69, 9.17) is 0 Å². The Bertz CT molecular complexity index is 608. The molecule has 1 fully saturated rings. The fourth-order valence-corrected chi connectivity index (χ4v) is 4.18. The lowest BCUT2D eigenvalue weighted by molar-refractivity contribution is -0.134. The number of thiophene rings is 1. The van der Waals surface area contributed by atoms with E-state index in [2.05, 4.69) is 17.6 Å². The van der Waals surface area contributed by atoms with E-state index in [0.717, 1.165) is 24.8 Å². The molecule has 1 aromatic heterocycles. The quantitative estimate of drug-likeness (QED) is 0.811. The lowest BCUT2D eigenvalue weighted by atomic mass is 9.88. The maximum atomic E-state index is 12.4. The molecule has 1 aliphatic carbocycles. The van der Waals surface area contributed by atoms with Crippen LogP contribution in [0.5, 0.6) is 0 Å². The van der Waals surface area contributed by atoms with Crippen molar-refractivity contribution >= 4 is 29.1 Å². The summed E-state index contributed by atoms with van der Waals surface area (Å²) < 4.78 is 0. The van der Waals surface area contributed by atoms with E-state index < -0.39 is 11.9 Å². The fourth-order valence-electron chi connectivity index (χ4n) is 2.94. The number of rotatable bonds is 2. The molecule has 0 aromatic carbocycles. The Balaban J connectivity index is 1.72. The number of carbonyl (C=O) groups excluding carboxylic acids is 3. The zero-order valence-corrected chi connectivity index (χ0v) is 12.7. The summed E-state index contributed by atoms with van der Waals surface area (Å²) >= 11 is 1.63. The number of piperidine rings is 1. The van der Waals surface area contributed by atoms with E-state index in [1.54, 1.807) is 11.3 Å². The van der Waals surface area contributed by atoms with Crippen molar-refractivity contribution in [3.63, 3.8) is 0 Å². The first-order valence-corrected chi connectivity index (χ1v) is 8.16. The second-order valence-electron chi connectivity index (χ2n) is 5.88. The van der Waals surface area contributed by atoms with Crippen molar-refractivity contribution in [3.8, 4) is 0 Å². The van der Waals surface area contributed by atoms with Crippen LogP contribution in [0, 0.1) is 5.92 Å². The van der Waals surface area contributed by atoms with Crippen molar-refractivity contribution in [2.75, 3.05) is 0 Å². The summed E-state index contributed by atoms with van der Waals surface area (Å²) in [6.07, 6.45) is 3.71. The van der Waals surface area contributed by atoms with E-state index in [-0.39, 0.29) is 18.2 Å². The lowest BCUT2D eigenvalue weighted by Crippen LogP contribution is -2.52. The molecule has 2 unspecified atom stereocenters. The average Bonchev–Trinajstić information content (AvgIpc) is 2.84. The second-order valence-corrected chi connectivity index (χ2v) is 6.84. The Morgan fingerprint density at radius 3 is 2.90 bits per heavy atom. The highest BCUT2D eigenvalue weighted by Crippen LogP contribution is 2.32. The van der Waals surface area contributed by atoms with Crippen LogP contribution in [0.1, 0.15) is 47.0 Å². The SMILES string of the molecule is CC1CCc2c(C(=O)NC3CCC(=O)NC3=O)csc2C1. The van der Waals surface area contributed by atoms with Gasteiger partial charge in [0.05, 0.1) is 5.56 Å². The number of nitrogens with one attached hydrogen (secondary N) is 2. The number of hydrogen-bond donors (Lipinski definition) is 2. The predicted molar refractivity (Wildman–Crippen MR) is 79.1 cm³/mol. The molecule has 3 amide bonds. The van der Waals surface area contributed by atoms with Crippen LogP contribution < -0.4 is 10.6 Å². The molecule has 5 nitrogen and oxygen atoms in total. The average molecular weight is 306 g/mol. The van der Waals surface area contributed by atoms with Crippen molar-refractivity contribution in [1.82, 2.24) is 10.6 Å². The van der Waals surface area contributed by atoms with Gasteiger partial charge in [-0.25, -0.2) is 0 Å². The van der Waals surface area contributed by atoms with Crippen LogP contribution in [0.25, 0.3) is 0 Å². The van der Waals surface area contributed by atoms with Gasteiger partial charge in [0, 0.05) is 16.7 Å². The van der Waals surface area contributed by atoms with Crippen LogP contribution in [0.3, 0.4) is 0 Å². The van der Waals surface area contributed by atoms with Crippen LogP contribution in [-0.2, 0) is 22.4 Å².